The number of piperidine rings is 2. The highest BCUT2D eigenvalue weighted by Gasteiger charge is 2.36. The number of ether oxygens (including phenoxy) is 2. The Hall–Kier alpha value is -2.99. The van der Waals surface area contributed by atoms with E-state index in [1.165, 1.54) is 7.11 Å². The maximum absolute atomic E-state index is 12.2. The molecule has 2 fully saturated rings. The Morgan fingerprint density at radius 2 is 1.87 bits per heavy atom. The molecule has 2 bridgehead atoms. The lowest BCUT2D eigenvalue weighted by molar-refractivity contribution is 0.0385. The molecule has 2 heterocycles. The number of hydrogen-bond donors (Lipinski definition) is 2. The summed E-state index contributed by atoms with van der Waals surface area (Å²) in [6.45, 7) is 6.77. The van der Waals surface area contributed by atoms with E-state index in [0.29, 0.717) is 36.2 Å². The number of alkyl carbamates (subject to hydrolysis) is 1. The van der Waals surface area contributed by atoms with Crippen LogP contribution in [0.4, 0.5) is 9.59 Å². The Balaban J connectivity index is 1.56. The van der Waals surface area contributed by atoms with Crippen molar-refractivity contribution in [2.45, 2.75) is 19.4 Å². The second-order valence-corrected chi connectivity index (χ2v) is 8.21. The van der Waals surface area contributed by atoms with Crippen molar-refractivity contribution in [3.05, 3.63) is 29.8 Å². The fourth-order valence-corrected chi connectivity index (χ4v) is 4.47. The molecule has 3 amide bonds. The number of benzene rings is 1. The average molecular weight is 430 g/mol. The first-order valence-corrected chi connectivity index (χ1v) is 10.7. The van der Waals surface area contributed by atoms with E-state index in [-0.39, 0.29) is 18.7 Å². The van der Waals surface area contributed by atoms with Crippen LogP contribution in [0.2, 0.25) is 0 Å². The first kappa shape index (κ1) is 22.7. The minimum Gasteiger partial charge on any atom is -0.491 e. The van der Waals surface area contributed by atoms with Crippen molar-refractivity contribution in [3.8, 4) is 11.8 Å². The second kappa shape index (κ2) is 10.9. The molecule has 3 rings (SSSR count). The molecule has 0 radical (unpaired) electrons. The summed E-state index contributed by atoms with van der Waals surface area (Å²) in [4.78, 5) is 28.3. The molecule has 3 unspecified atom stereocenters. The number of carbonyl (C=O) groups is 2. The average Bonchev–Trinajstić information content (AvgIpc) is 2.77. The van der Waals surface area contributed by atoms with Gasteiger partial charge in [0, 0.05) is 39.3 Å². The number of nitriles is 1. The van der Waals surface area contributed by atoms with Gasteiger partial charge in [0.25, 0.3) is 0 Å². The van der Waals surface area contributed by atoms with Crippen molar-refractivity contribution < 1.29 is 19.1 Å². The van der Waals surface area contributed by atoms with Gasteiger partial charge in [0.1, 0.15) is 12.4 Å². The number of nitrogens with one attached hydrogen (secondary N) is 2. The van der Waals surface area contributed by atoms with Crippen molar-refractivity contribution in [3.63, 3.8) is 0 Å². The number of fused-ring (bicyclic) bond motifs is 2. The third-order valence-corrected chi connectivity index (χ3v) is 5.69. The Morgan fingerprint density at radius 3 is 2.45 bits per heavy atom. The number of carbonyl (C=O) groups excluding carboxylic acids is 2. The lowest BCUT2D eigenvalue weighted by atomic mass is 9.84. The summed E-state index contributed by atoms with van der Waals surface area (Å²) < 4.78 is 10.6. The van der Waals surface area contributed by atoms with Gasteiger partial charge >= 0.3 is 12.1 Å². The lowest BCUT2D eigenvalue weighted by Gasteiger charge is -2.46. The quantitative estimate of drug-likeness (QED) is 0.683. The monoisotopic (exact) mass is 429 g/mol. The van der Waals surface area contributed by atoms with Crippen LogP contribution < -0.4 is 15.4 Å². The number of methoxy groups -OCH3 is 1. The van der Waals surface area contributed by atoms with E-state index in [1.807, 2.05) is 11.8 Å². The molecule has 2 aliphatic heterocycles. The van der Waals surface area contributed by atoms with Gasteiger partial charge in [0.2, 0.25) is 0 Å². The first-order valence-electron chi connectivity index (χ1n) is 10.7. The summed E-state index contributed by atoms with van der Waals surface area (Å²) in [7, 11) is 1.34. The van der Waals surface area contributed by atoms with E-state index in [9.17, 15) is 9.59 Å². The molecule has 3 atom stereocenters. The standard InChI is InChI=1S/C22H31N5O4/c1-3-24-21(28)27-12-17-8-18(13-27)11-26(10-17)14-19(25-22(29)30-2)15-31-20-6-4-16(9-23)5-7-20/h4-7,17-19H,3,8,10-15H2,1-2H3,(H,24,28)(H,25,29). The van der Waals surface area contributed by atoms with E-state index in [1.54, 1.807) is 24.3 Å². The summed E-state index contributed by atoms with van der Waals surface area (Å²) in [5.41, 5.74) is 0.568. The van der Waals surface area contributed by atoms with Gasteiger partial charge < -0.3 is 29.9 Å². The van der Waals surface area contributed by atoms with E-state index in [0.717, 1.165) is 32.6 Å². The molecular weight excluding hydrogens is 398 g/mol. The third kappa shape index (κ3) is 6.49. The highest BCUT2D eigenvalue weighted by atomic mass is 16.5. The zero-order valence-corrected chi connectivity index (χ0v) is 18.2. The van der Waals surface area contributed by atoms with Crippen LogP contribution in [0.5, 0.6) is 5.75 Å². The predicted molar refractivity (Wildman–Crippen MR) is 115 cm³/mol. The summed E-state index contributed by atoms with van der Waals surface area (Å²) in [5.74, 6) is 1.49. The number of amides is 3. The molecule has 1 aromatic rings. The van der Waals surface area contributed by atoms with Gasteiger partial charge in [-0.25, -0.2) is 9.59 Å². The molecule has 168 valence electrons. The van der Waals surface area contributed by atoms with Gasteiger partial charge in [-0.2, -0.15) is 5.26 Å². The van der Waals surface area contributed by atoms with Crippen molar-refractivity contribution in [2.24, 2.45) is 11.8 Å². The van der Waals surface area contributed by atoms with Crippen LogP contribution >= 0.6 is 0 Å². The van der Waals surface area contributed by atoms with Crippen LogP contribution in [0, 0.1) is 23.2 Å². The molecule has 9 heteroatoms. The predicted octanol–water partition coefficient (Wildman–Crippen LogP) is 1.64. The van der Waals surface area contributed by atoms with Crippen LogP contribution in [0.3, 0.4) is 0 Å². The molecule has 0 aromatic heterocycles. The zero-order valence-electron chi connectivity index (χ0n) is 18.2. The Labute approximate surface area is 183 Å². The smallest absolute Gasteiger partial charge is 0.407 e. The summed E-state index contributed by atoms with van der Waals surface area (Å²) in [6.07, 6.45) is 0.636. The molecule has 2 saturated heterocycles. The van der Waals surface area contributed by atoms with Crippen LogP contribution in [-0.4, -0.2) is 81.0 Å². The minimum absolute atomic E-state index is 0.0201. The highest BCUT2D eigenvalue weighted by molar-refractivity contribution is 5.74. The summed E-state index contributed by atoms with van der Waals surface area (Å²) in [6, 6.07) is 8.74. The van der Waals surface area contributed by atoms with E-state index < -0.39 is 6.09 Å². The molecule has 2 aliphatic rings. The van der Waals surface area contributed by atoms with Crippen molar-refractivity contribution in [1.82, 2.24) is 20.4 Å². The van der Waals surface area contributed by atoms with Gasteiger partial charge in [-0.15, -0.1) is 0 Å². The van der Waals surface area contributed by atoms with Crippen molar-refractivity contribution in [2.75, 3.05) is 53.0 Å². The molecule has 1 aromatic carbocycles. The van der Waals surface area contributed by atoms with Crippen molar-refractivity contribution >= 4 is 12.1 Å². The second-order valence-electron chi connectivity index (χ2n) is 8.21. The van der Waals surface area contributed by atoms with Gasteiger partial charge in [0.15, 0.2) is 0 Å². The van der Waals surface area contributed by atoms with Crippen LogP contribution in [0.15, 0.2) is 24.3 Å². The number of rotatable bonds is 7. The number of nitrogens with zero attached hydrogens (tertiary/aromatic N) is 3. The van der Waals surface area contributed by atoms with Gasteiger partial charge in [-0.05, 0) is 49.4 Å². The maximum Gasteiger partial charge on any atom is 0.407 e. The van der Waals surface area contributed by atoms with Crippen LogP contribution in [0.25, 0.3) is 0 Å². The molecule has 31 heavy (non-hydrogen) atoms. The van der Waals surface area contributed by atoms with E-state index in [2.05, 4.69) is 21.6 Å². The Morgan fingerprint density at radius 1 is 1.19 bits per heavy atom. The normalized spacial score (nSPS) is 21.5. The van der Waals surface area contributed by atoms with Gasteiger partial charge in [0.05, 0.1) is 24.8 Å². The first-order chi connectivity index (χ1) is 15.0. The fraction of sp³-hybridized carbons (Fsp3) is 0.591. The summed E-state index contributed by atoms with van der Waals surface area (Å²) in [5, 5.41) is 14.7. The maximum atomic E-state index is 12.2. The Kier molecular flexibility index (Phi) is 7.95. The van der Waals surface area contributed by atoms with Gasteiger partial charge in [-0.3, -0.25) is 0 Å². The molecule has 0 saturated carbocycles. The molecule has 9 nitrogen and oxygen atoms in total. The largest absolute Gasteiger partial charge is 0.491 e. The van der Waals surface area contributed by atoms with Crippen LogP contribution in [-0.2, 0) is 4.74 Å². The van der Waals surface area contributed by atoms with Gasteiger partial charge in [-0.1, -0.05) is 0 Å². The minimum atomic E-state index is -0.493. The highest BCUT2D eigenvalue weighted by Crippen LogP contribution is 2.28. The Bertz CT molecular complexity index is 780. The van der Waals surface area contributed by atoms with E-state index >= 15 is 0 Å². The third-order valence-electron chi connectivity index (χ3n) is 5.69. The number of likely N-dealkylation sites (tertiary alicyclic amines) is 2. The number of urea groups is 1. The lowest BCUT2D eigenvalue weighted by Crippen LogP contribution is -2.58. The SMILES string of the molecule is CCNC(=O)N1CC2CC(CN(CC(COc3ccc(C#N)cc3)NC(=O)OC)C2)C1. The van der Waals surface area contributed by atoms with Crippen molar-refractivity contribution in [1.29, 1.82) is 5.26 Å². The molecule has 2 N–H and O–H groups in total. The zero-order chi connectivity index (χ0) is 22.2. The number of hydrogen-bond acceptors (Lipinski definition) is 6. The fourth-order valence-electron chi connectivity index (χ4n) is 4.47. The van der Waals surface area contributed by atoms with E-state index in [4.69, 9.17) is 14.7 Å². The molecule has 0 spiro atoms. The molecule has 0 aliphatic carbocycles. The molecular formula is C22H31N5O4. The summed E-state index contributed by atoms with van der Waals surface area (Å²) >= 11 is 0. The topological polar surface area (TPSA) is 107 Å². The van der Waals surface area contributed by atoms with Crippen LogP contribution in [0.1, 0.15) is 18.9 Å².